The number of amides is 1. The zero-order chi connectivity index (χ0) is 16.2. The molecule has 0 aliphatic heterocycles. The molecule has 0 aliphatic rings. The lowest BCUT2D eigenvalue weighted by Gasteiger charge is -2.06. The third kappa shape index (κ3) is 3.24. The van der Waals surface area contributed by atoms with Crippen LogP contribution in [0.15, 0.2) is 65.5 Å². The van der Waals surface area contributed by atoms with Gasteiger partial charge < -0.3 is 9.73 Å². The highest BCUT2D eigenvalue weighted by molar-refractivity contribution is 6.04. The molecule has 0 saturated heterocycles. The largest absolute Gasteiger partial charge is 0.444 e. The van der Waals surface area contributed by atoms with Crippen LogP contribution in [-0.2, 0) is 0 Å². The monoisotopic (exact) mass is 309 g/mol. The summed E-state index contributed by atoms with van der Waals surface area (Å²) in [4.78, 5) is 26.0. The van der Waals surface area contributed by atoms with E-state index in [9.17, 15) is 14.9 Å². The molecule has 7 heteroatoms. The SMILES string of the molecule is O=C(Nc1ccc(-c2cnco2)cc1)c1ccc([N+](=O)[O-])cc1. The van der Waals surface area contributed by atoms with Crippen LogP contribution in [0.1, 0.15) is 10.4 Å². The average molecular weight is 309 g/mol. The maximum atomic E-state index is 12.1. The van der Waals surface area contributed by atoms with E-state index in [0.29, 0.717) is 17.0 Å². The molecule has 1 heterocycles. The Bertz CT molecular complexity index is 825. The first-order chi connectivity index (χ1) is 11.1. The van der Waals surface area contributed by atoms with Crippen molar-refractivity contribution in [2.45, 2.75) is 0 Å². The number of rotatable bonds is 4. The highest BCUT2D eigenvalue weighted by Gasteiger charge is 2.10. The number of anilines is 1. The summed E-state index contributed by atoms with van der Waals surface area (Å²) in [5.74, 6) is 0.297. The summed E-state index contributed by atoms with van der Waals surface area (Å²) < 4.78 is 5.19. The molecule has 0 bridgehead atoms. The Morgan fingerprint density at radius 1 is 1.09 bits per heavy atom. The molecule has 0 spiro atoms. The van der Waals surface area contributed by atoms with Gasteiger partial charge in [-0.1, -0.05) is 0 Å². The van der Waals surface area contributed by atoms with Crippen molar-refractivity contribution in [3.05, 3.63) is 76.8 Å². The Balaban J connectivity index is 1.71. The topological polar surface area (TPSA) is 98.3 Å². The van der Waals surface area contributed by atoms with E-state index in [-0.39, 0.29) is 11.6 Å². The number of nitro groups is 1. The number of nitrogens with zero attached hydrogens (tertiary/aromatic N) is 2. The second-order valence-electron chi connectivity index (χ2n) is 4.70. The predicted octanol–water partition coefficient (Wildman–Crippen LogP) is 3.50. The summed E-state index contributed by atoms with van der Waals surface area (Å²) >= 11 is 0. The van der Waals surface area contributed by atoms with Gasteiger partial charge >= 0.3 is 0 Å². The van der Waals surface area contributed by atoms with Gasteiger partial charge in [-0.05, 0) is 36.4 Å². The lowest BCUT2D eigenvalue weighted by atomic mass is 10.1. The predicted molar refractivity (Wildman–Crippen MR) is 83.0 cm³/mol. The van der Waals surface area contributed by atoms with E-state index in [1.54, 1.807) is 30.5 Å². The molecule has 1 aromatic heterocycles. The second-order valence-corrected chi connectivity index (χ2v) is 4.70. The molecule has 1 amide bonds. The number of aromatic nitrogens is 1. The van der Waals surface area contributed by atoms with Gasteiger partial charge in [0.2, 0.25) is 0 Å². The number of carbonyl (C=O) groups excluding carboxylic acids is 1. The maximum absolute atomic E-state index is 12.1. The fourth-order valence-corrected chi connectivity index (χ4v) is 2.01. The highest BCUT2D eigenvalue weighted by atomic mass is 16.6. The molecule has 0 atom stereocenters. The lowest BCUT2D eigenvalue weighted by Crippen LogP contribution is -2.11. The average Bonchev–Trinajstić information content (AvgIpc) is 3.10. The van der Waals surface area contributed by atoms with Crippen LogP contribution in [0.4, 0.5) is 11.4 Å². The van der Waals surface area contributed by atoms with Crippen molar-refractivity contribution in [3.63, 3.8) is 0 Å². The van der Waals surface area contributed by atoms with Crippen LogP contribution in [0, 0.1) is 10.1 Å². The molecule has 0 saturated carbocycles. The van der Waals surface area contributed by atoms with Gasteiger partial charge in [0.15, 0.2) is 12.2 Å². The fraction of sp³-hybridized carbons (Fsp3) is 0. The molecule has 0 aliphatic carbocycles. The minimum absolute atomic E-state index is 0.0574. The molecule has 1 N–H and O–H groups in total. The molecule has 3 rings (SSSR count). The van der Waals surface area contributed by atoms with E-state index in [4.69, 9.17) is 4.42 Å². The second kappa shape index (κ2) is 6.10. The first kappa shape index (κ1) is 14.5. The zero-order valence-corrected chi connectivity index (χ0v) is 11.8. The summed E-state index contributed by atoms with van der Waals surface area (Å²) in [5.41, 5.74) is 1.74. The summed E-state index contributed by atoms with van der Waals surface area (Å²) in [6, 6.07) is 12.5. The third-order valence-corrected chi connectivity index (χ3v) is 3.20. The van der Waals surface area contributed by atoms with Crippen molar-refractivity contribution in [1.29, 1.82) is 0 Å². The standard InChI is InChI=1S/C16H11N3O4/c20-16(12-3-7-14(8-4-12)19(21)22)18-13-5-1-11(2-6-13)15-9-17-10-23-15/h1-10H,(H,18,20). The van der Waals surface area contributed by atoms with Crippen molar-refractivity contribution in [1.82, 2.24) is 4.98 Å². The Morgan fingerprint density at radius 2 is 1.78 bits per heavy atom. The van der Waals surface area contributed by atoms with E-state index in [2.05, 4.69) is 10.3 Å². The molecule has 0 fully saturated rings. The number of nitrogens with one attached hydrogen (secondary N) is 1. The Morgan fingerprint density at radius 3 is 2.35 bits per heavy atom. The molecule has 0 radical (unpaired) electrons. The normalized spacial score (nSPS) is 10.3. The van der Waals surface area contributed by atoms with Gasteiger partial charge in [-0.3, -0.25) is 14.9 Å². The zero-order valence-electron chi connectivity index (χ0n) is 11.8. The summed E-state index contributed by atoms with van der Waals surface area (Å²) in [7, 11) is 0. The summed E-state index contributed by atoms with van der Waals surface area (Å²) in [6.45, 7) is 0. The molecule has 2 aromatic carbocycles. The molecule has 114 valence electrons. The van der Waals surface area contributed by atoms with E-state index in [1.807, 2.05) is 0 Å². The Kier molecular flexibility index (Phi) is 3.84. The molecular weight excluding hydrogens is 298 g/mol. The van der Waals surface area contributed by atoms with Crippen molar-refractivity contribution in [2.75, 3.05) is 5.32 Å². The number of non-ortho nitro benzene ring substituents is 1. The van der Waals surface area contributed by atoms with Crippen LogP contribution in [0.5, 0.6) is 0 Å². The molecule has 7 nitrogen and oxygen atoms in total. The maximum Gasteiger partial charge on any atom is 0.269 e. The van der Waals surface area contributed by atoms with Crippen LogP contribution in [-0.4, -0.2) is 15.8 Å². The number of oxazole rings is 1. The van der Waals surface area contributed by atoms with Crippen LogP contribution in [0.25, 0.3) is 11.3 Å². The number of carbonyl (C=O) groups is 1. The lowest BCUT2D eigenvalue weighted by molar-refractivity contribution is -0.384. The first-order valence-electron chi connectivity index (χ1n) is 6.68. The van der Waals surface area contributed by atoms with Crippen LogP contribution < -0.4 is 5.32 Å². The van der Waals surface area contributed by atoms with Crippen molar-refractivity contribution in [2.24, 2.45) is 0 Å². The van der Waals surface area contributed by atoms with Gasteiger partial charge in [-0.15, -0.1) is 0 Å². The molecule has 3 aromatic rings. The van der Waals surface area contributed by atoms with Gasteiger partial charge in [0.1, 0.15) is 0 Å². The highest BCUT2D eigenvalue weighted by Crippen LogP contribution is 2.21. The number of benzene rings is 2. The van der Waals surface area contributed by atoms with Gasteiger partial charge in [0.25, 0.3) is 11.6 Å². The minimum atomic E-state index is -0.510. The first-order valence-corrected chi connectivity index (χ1v) is 6.68. The Labute approximate surface area is 130 Å². The van der Waals surface area contributed by atoms with Crippen LogP contribution in [0.2, 0.25) is 0 Å². The van der Waals surface area contributed by atoms with E-state index >= 15 is 0 Å². The van der Waals surface area contributed by atoms with E-state index < -0.39 is 4.92 Å². The molecule has 0 unspecified atom stereocenters. The van der Waals surface area contributed by atoms with Crippen LogP contribution >= 0.6 is 0 Å². The fourth-order valence-electron chi connectivity index (χ4n) is 2.01. The molecule has 23 heavy (non-hydrogen) atoms. The molecular formula is C16H11N3O4. The summed E-state index contributed by atoms with van der Waals surface area (Å²) in [6.07, 6.45) is 2.95. The van der Waals surface area contributed by atoms with Gasteiger partial charge in [-0.2, -0.15) is 0 Å². The minimum Gasteiger partial charge on any atom is -0.444 e. The third-order valence-electron chi connectivity index (χ3n) is 3.20. The van der Waals surface area contributed by atoms with E-state index in [0.717, 1.165) is 5.56 Å². The van der Waals surface area contributed by atoms with Gasteiger partial charge in [0.05, 0.1) is 11.1 Å². The number of nitro benzene ring substituents is 1. The van der Waals surface area contributed by atoms with Gasteiger partial charge in [0, 0.05) is 28.9 Å². The van der Waals surface area contributed by atoms with Crippen molar-refractivity contribution >= 4 is 17.3 Å². The van der Waals surface area contributed by atoms with Crippen molar-refractivity contribution in [3.8, 4) is 11.3 Å². The number of hydrogen-bond acceptors (Lipinski definition) is 5. The van der Waals surface area contributed by atoms with E-state index in [1.165, 1.54) is 30.7 Å². The van der Waals surface area contributed by atoms with Crippen molar-refractivity contribution < 1.29 is 14.1 Å². The quantitative estimate of drug-likeness (QED) is 0.587. The van der Waals surface area contributed by atoms with Crippen LogP contribution in [0.3, 0.4) is 0 Å². The van der Waals surface area contributed by atoms with Gasteiger partial charge in [-0.25, -0.2) is 4.98 Å². The smallest absolute Gasteiger partial charge is 0.269 e. The Hall–Kier alpha value is -3.48. The number of hydrogen-bond donors (Lipinski definition) is 1. The summed E-state index contributed by atoms with van der Waals surface area (Å²) in [5, 5.41) is 13.3.